The van der Waals surface area contributed by atoms with Crippen molar-refractivity contribution >= 4 is 0 Å². The molecule has 1 aliphatic rings. The number of rotatable bonds is 0. The van der Waals surface area contributed by atoms with Crippen LogP contribution < -0.4 is 0 Å². The van der Waals surface area contributed by atoms with Crippen molar-refractivity contribution in [2.24, 2.45) is 0 Å². The van der Waals surface area contributed by atoms with Gasteiger partial charge in [0, 0.05) is 6.61 Å². The monoisotopic (exact) mass is 170 g/mol. The molecule has 12 heavy (non-hydrogen) atoms. The predicted octanol–water partition coefficient (Wildman–Crippen LogP) is 2.99. The van der Waals surface area contributed by atoms with Crippen molar-refractivity contribution in [2.45, 2.75) is 26.2 Å². The van der Waals surface area contributed by atoms with Crippen molar-refractivity contribution in [3.8, 4) is 0 Å². The molecule has 0 fully saturated rings. The van der Waals surface area contributed by atoms with Gasteiger partial charge in [-0.05, 0) is 38.3 Å². The van der Waals surface area contributed by atoms with Crippen molar-refractivity contribution in [2.75, 3.05) is 13.2 Å². The van der Waals surface area contributed by atoms with Gasteiger partial charge in [-0.15, -0.1) is 0 Å². The highest BCUT2D eigenvalue weighted by Crippen LogP contribution is 2.11. The molecule has 0 saturated heterocycles. The first-order valence-corrected chi connectivity index (χ1v) is 4.39. The lowest BCUT2D eigenvalue weighted by Gasteiger charge is -2.05. The molecule has 0 radical (unpaired) electrons. The van der Waals surface area contributed by atoms with Crippen LogP contribution in [-0.4, -0.2) is 13.2 Å². The molecule has 0 aromatic rings. The predicted molar refractivity (Wildman–Crippen MR) is 47.6 cm³/mol. The summed E-state index contributed by atoms with van der Waals surface area (Å²) in [6.07, 6.45) is 5.80. The molecule has 0 bridgehead atoms. The second-order valence-electron chi connectivity index (χ2n) is 3.08. The van der Waals surface area contributed by atoms with E-state index in [0.717, 1.165) is 25.0 Å². The fourth-order valence-electron chi connectivity index (χ4n) is 1.20. The van der Waals surface area contributed by atoms with Gasteiger partial charge >= 0.3 is 0 Å². The van der Waals surface area contributed by atoms with Gasteiger partial charge in [-0.2, -0.15) is 0 Å². The minimum Gasteiger partial charge on any atom is -0.381 e. The van der Waals surface area contributed by atoms with Gasteiger partial charge in [-0.25, -0.2) is 4.39 Å². The van der Waals surface area contributed by atoms with Crippen LogP contribution in [0.25, 0.3) is 0 Å². The first kappa shape index (κ1) is 9.46. The molecule has 0 aromatic heterocycles. The third-order valence-corrected chi connectivity index (χ3v) is 1.85. The maximum atomic E-state index is 12.9. The smallest absolute Gasteiger partial charge is 0.119 e. The van der Waals surface area contributed by atoms with Gasteiger partial charge in [0.1, 0.15) is 5.83 Å². The molecule has 0 aliphatic carbocycles. The highest BCUT2D eigenvalue weighted by molar-refractivity contribution is 5.16. The molecule has 2 heteroatoms. The molecule has 0 unspecified atom stereocenters. The van der Waals surface area contributed by atoms with E-state index in [2.05, 4.69) is 0 Å². The third kappa shape index (κ3) is 3.67. The fraction of sp³-hybridized carbons (Fsp3) is 0.600. The zero-order chi connectivity index (χ0) is 8.81. The summed E-state index contributed by atoms with van der Waals surface area (Å²) in [5.74, 6) is -0.127. The van der Waals surface area contributed by atoms with Crippen LogP contribution in [0.5, 0.6) is 0 Å². The zero-order valence-electron chi connectivity index (χ0n) is 7.48. The Morgan fingerprint density at radius 1 is 1.42 bits per heavy atom. The van der Waals surface area contributed by atoms with Crippen LogP contribution in [0.1, 0.15) is 26.2 Å². The average Bonchev–Trinajstić information content (AvgIpc) is 2.02. The van der Waals surface area contributed by atoms with Crippen molar-refractivity contribution in [1.29, 1.82) is 0 Å². The SMILES string of the molecule is C/C1=C/C(F)=C\CCOCCC1. The Kier molecular flexibility index (Phi) is 4.01. The standard InChI is InChI=1S/C10H15FO/c1-9-4-2-6-12-7-3-5-10(11)8-9/h5,8H,2-4,6-7H2,1H3/b9-8-,10-5+. The molecular formula is C10H15FO. The number of hydrogen-bond acceptors (Lipinski definition) is 1. The van der Waals surface area contributed by atoms with Gasteiger partial charge in [0.05, 0.1) is 6.61 Å². The normalized spacial score (nSPS) is 29.8. The van der Waals surface area contributed by atoms with Crippen molar-refractivity contribution in [3.63, 3.8) is 0 Å². The van der Waals surface area contributed by atoms with Gasteiger partial charge in [-0.3, -0.25) is 0 Å². The number of allylic oxidation sites excluding steroid dienone is 3. The van der Waals surface area contributed by atoms with Crippen LogP contribution in [0, 0.1) is 0 Å². The lowest BCUT2D eigenvalue weighted by Crippen LogP contribution is -1.97. The first-order valence-electron chi connectivity index (χ1n) is 4.39. The summed E-state index contributed by atoms with van der Waals surface area (Å²) >= 11 is 0. The van der Waals surface area contributed by atoms with E-state index < -0.39 is 0 Å². The lowest BCUT2D eigenvalue weighted by atomic mass is 10.1. The van der Waals surface area contributed by atoms with Crippen molar-refractivity contribution in [1.82, 2.24) is 0 Å². The Hall–Kier alpha value is -0.630. The average molecular weight is 170 g/mol. The minimum absolute atomic E-state index is 0.127. The van der Waals surface area contributed by atoms with Crippen molar-refractivity contribution < 1.29 is 9.13 Å². The second kappa shape index (κ2) is 5.09. The lowest BCUT2D eigenvalue weighted by molar-refractivity contribution is 0.136. The largest absolute Gasteiger partial charge is 0.381 e. The maximum absolute atomic E-state index is 12.9. The van der Waals surface area contributed by atoms with Crippen LogP contribution in [0.3, 0.4) is 0 Å². The van der Waals surface area contributed by atoms with E-state index in [-0.39, 0.29) is 5.83 Å². The summed E-state index contributed by atoms with van der Waals surface area (Å²) in [5, 5.41) is 0. The topological polar surface area (TPSA) is 9.23 Å². The van der Waals surface area contributed by atoms with E-state index in [4.69, 9.17) is 4.74 Å². The van der Waals surface area contributed by atoms with Gasteiger partial charge in [0.25, 0.3) is 0 Å². The Morgan fingerprint density at radius 2 is 2.25 bits per heavy atom. The van der Waals surface area contributed by atoms with E-state index >= 15 is 0 Å². The molecule has 1 rings (SSSR count). The van der Waals surface area contributed by atoms with Crippen molar-refractivity contribution in [3.05, 3.63) is 23.6 Å². The highest BCUT2D eigenvalue weighted by Gasteiger charge is 1.97. The summed E-state index contributed by atoms with van der Waals surface area (Å²) in [6, 6.07) is 0. The van der Waals surface area contributed by atoms with Crippen LogP contribution in [0.15, 0.2) is 23.6 Å². The molecule has 0 saturated carbocycles. The van der Waals surface area contributed by atoms with E-state index in [0.29, 0.717) is 13.0 Å². The Bertz CT molecular complexity index is 194. The van der Waals surface area contributed by atoms with Crippen LogP contribution in [-0.2, 0) is 4.74 Å². The van der Waals surface area contributed by atoms with E-state index in [9.17, 15) is 4.39 Å². The number of halogens is 1. The van der Waals surface area contributed by atoms with Gasteiger partial charge in [-0.1, -0.05) is 5.57 Å². The number of ether oxygens (including phenoxy) is 1. The summed E-state index contributed by atoms with van der Waals surface area (Å²) in [7, 11) is 0. The molecule has 0 atom stereocenters. The van der Waals surface area contributed by atoms with Crippen LogP contribution in [0.4, 0.5) is 4.39 Å². The summed E-state index contributed by atoms with van der Waals surface area (Å²) in [5.41, 5.74) is 1.09. The van der Waals surface area contributed by atoms with Crippen LogP contribution in [0.2, 0.25) is 0 Å². The third-order valence-electron chi connectivity index (χ3n) is 1.85. The fourth-order valence-corrected chi connectivity index (χ4v) is 1.20. The molecule has 1 heterocycles. The second-order valence-corrected chi connectivity index (χ2v) is 3.08. The minimum atomic E-state index is -0.127. The molecular weight excluding hydrogens is 155 g/mol. The van der Waals surface area contributed by atoms with Gasteiger partial charge in [0.2, 0.25) is 0 Å². The molecule has 1 nitrogen and oxygen atoms in total. The highest BCUT2D eigenvalue weighted by atomic mass is 19.1. The van der Waals surface area contributed by atoms with E-state index in [1.807, 2.05) is 6.92 Å². The van der Waals surface area contributed by atoms with E-state index in [1.54, 1.807) is 12.2 Å². The quantitative estimate of drug-likeness (QED) is 0.543. The molecule has 1 aliphatic heterocycles. The molecule has 0 aromatic carbocycles. The molecule has 68 valence electrons. The number of hydrogen-bond donors (Lipinski definition) is 0. The zero-order valence-corrected chi connectivity index (χ0v) is 7.48. The first-order chi connectivity index (χ1) is 5.79. The maximum Gasteiger partial charge on any atom is 0.119 e. The summed E-state index contributed by atoms with van der Waals surface area (Å²) in [4.78, 5) is 0. The Morgan fingerprint density at radius 3 is 3.08 bits per heavy atom. The summed E-state index contributed by atoms with van der Waals surface area (Å²) in [6.45, 7) is 3.38. The van der Waals surface area contributed by atoms with Crippen LogP contribution >= 0.6 is 0 Å². The van der Waals surface area contributed by atoms with Gasteiger partial charge < -0.3 is 4.74 Å². The Balaban J connectivity index is 2.56. The molecule has 0 spiro atoms. The summed E-state index contributed by atoms with van der Waals surface area (Å²) < 4.78 is 18.2. The van der Waals surface area contributed by atoms with E-state index in [1.165, 1.54) is 0 Å². The Labute approximate surface area is 72.9 Å². The molecule has 0 amide bonds. The molecule has 0 N–H and O–H groups in total. The van der Waals surface area contributed by atoms with Gasteiger partial charge in [0.15, 0.2) is 0 Å².